The van der Waals surface area contributed by atoms with Crippen LogP contribution in [-0.4, -0.2) is 25.8 Å². The molecule has 0 fully saturated rings. The molecule has 1 heterocycles. The second-order valence-electron chi connectivity index (χ2n) is 3.29. The van der Waals surface area contributed by atoms with Crippen molar-refractivity contribution < 1.29 is 12.6 Å². The molecule has 1 rings (SSSR count). The van der Waals surface area contributed by atoms with E-state index in [2.05, 4.69) is 4.18 Å². The summed E-state index contributed by atoms with van der Waals surface area (Å²) in [5.74, 6) is 0. The Bertz CT molecular complexity index is 386. The second-order valence-corrected chi connectivity index (χ2v) is 4.94. The summed E-state index contributed by atoms with van der Waals surface area (Å²) in [6.07, 6.45) is 1.06. The summed E-state index contributed by atoms with van der Waals surface area (Å²) in [6.45, 7) is 4.72. The number of aromatic nitrogens is 1. The first kappa shape index (κ1) is 11.3. The molecular formula is C9H15NO3S. The first-order chi connectivity index (χ1) is 6.40. The van der Waals surface area contributed by atoms with E-state index in [4.69, 9.17) is 0 Å². The first-order valence-electron chi connectivity index (χ1n) is 4.37. The van der Waals surface area contributed by atoms with Crippen molar-refractivity contribution in [1.29, 1.82) is 0 Å². The lowest BCUT2D eigenvalue weighted by molar-refractivity contribution is 0.302. The molecule has 4 nitrogen and oxygen atoms in total. The van der Waals surface area contributed by atoms with Crippen LogP contribution in [0.25, 0.3) is 0 Å². The zero-order valence-electron chi connectivity index (χ0n) is 8.65. The number of nitrogens with zero attached hydrogens (tertiary/aromatic N) is 1. The maximum Gasteiger partial charge on any atom is 0.264 e. The molecule has 0 N–H and O–H groups in total. The number of aryl methyl sites for hydroxylation is 2. The molecule has 0 aromatic carbocycles. The van der Waals surface area contributed by atoms with Crippen molar-refractivity contribution in [3.63, 3.8) is 0 Å². The Morgan fingerprint density at radius 2 is 1.79 bits per heavy atom. The van der Waals surface area contributed by atoms with Crippen LogP contribution in [0.2, 0.25) is 0 Å². The lowest BCUT2D eigenvalue weighted by atomic mass is 10.5. The Balaban J connectivity index is 2.54. The SMILES string of the molecule is Cc1ccc(C)n1CCOS(C)(=O)=O. The predicted octanol–water partition coefficient (Wildman–Crippen LogP) is 1.08. The van der Waals surface area contributed by atoms with Gasteiger partial charge in [0.2, 0.25) is 0 Å². The van der Waals surface area contributed by atoms with Gasteiger partial charge in [-0.2, -0.15) is 8.42 Å². The molecule has 0 radical (unpaired) electrons. The van der Waals surface area contributed by atoms with E-state index in [0.29, 0.717) is 6.54 Å². The van der Waals surface area contributed by atoms with E-state index < -0.39 is 10.1 Å². The van der Waals surface area contributed by atoms with Crippen molar-refractivity contribution in [3.05, 3.63) is 23.5 Å². The fraction of sp³-hybridized carbons (Fsp3) is 0.556. The highest BCUT2D eigenvalue weighted by Crippen LogP contribution is 2.06. The summed E-state index contributed by atoms with van der Waals surface area (Å²) in [5.41, 5.74) is 2.22. The second kappa shape index (κ2) is 4.14. The first-order valence-corrected chi connectivity index (χ1v) is 6.19. The van der Waals surface area contributed by atoms with Crippen molar-refractivity contribution in [3.8, 4) is 0 Å². The monoisotopic (exact) mass is 217 g/mol. The quantitative estimate of drug-likeness (QED) is 0.709. The molecule has 0 aliphatic rings. The van der Waals surface area contributed by atoms with E-state index in [-0.39, 0.29) is 6.61 Å². The highest BCUT2D eigenvalue weighted by Gasteiger charge is 2.04. The van der Waals surface area contributed by atoms with Gasteiger partial charge in [-0.15, -0.1) is 0 Å². The fourth-order valence-electron chi connectivity index (χ4n) is 1.33. The van der Waals surface area contributed by atoms with Gasteiger partial charge < -0.3 is 4.57 Å². The van der Waals surface area contributed by atoms with E-state index in [1.54, 1.807) is 0 Å². The molecule has 80 valence electrons. The molecule has 0 unspecified atom stereocenters. The summed E-state index contributed by atoms with van der Waals surface area (Å²) >= 11 is 0. The van der Waals surface area contributed by atoms with Crippen LogP contribution in [0.4, 0.5) is 0 Å². The molecule has 0 atom stereocenters. The van der Waals surface area contributed by atoms with Gasteiger partial charge in [0, 0.05) is 17.9 Å². The third-order valence-electron chi connectivity index (χ3n) is 2.03. The van der Waals surface area contributed by atoms with Gasteiger partial charge in [-0.3, -0.25) is 4.18 Å². The van der Waals surface area contributed by atoms with Gasteiger partial charge in [-0.25, -0.2) is 0 Å². The zero-order chi connectivity index (χ0) is 10.8. The van der Waals surface area contributed by atoms with Gasteiger partial charge in [0.1, 0.15) is 0 Å². The molecule has 0 aliphatic heterocycles. The van der Waals surface area contributed by atoms with Crippen LogP contribution in [-0.2, 0) is 20.8 Å². The van der Waals surface area contributed by atoms with Gasteiger partial charge >= 0.3 is 0 Å². The number of hydrogen-bond donors (Lipinski definition) is 0. The minimum Gasteiger partial charge on any atom is -0.347 e. The van der Waals surface area contributed by atoms with Gasteiger partial charge in [0.25, 0.3) is 10.1 Å². The Morgan fingerprint density at radius 1 is 1.29 bits per heavy atom. The van der Waals surface area contributed by atoms with Crippen molar-refractivity contribution in [2.24, 2.45) is 0 Å². The third kappa shape index (κ3) is 3.16. The number of hydrogen-bond acceptors (Lipinski definition) is 3. The Kier molecular flexibility index (Phi) is 3.34. The minimum atomic E-state index is -3.32. The summed E-state index contributed by atoms with van der Waals surface area (Å²) in [6, 6.07) is 3.99. The molecular weight excluding hydrogens is 202 g/mol. The van der Waals surface area contributed by atoms with Gasteiger partial charge in [-0.05, 0) is 26.0 Å². The van der Waals surface area contributed by atoms with Crippen molar-refractivity contribution in [2.75, 3.05) is 12.9 Å². The van der Waals surface area contributed by atoms with Gasteiger partial charge in [-0.1, -0.05) is 0 Å². The van der Waals surface area contributed by atoms with Crippen molar-refractivity contribution in [1.82, 2.24) is 4.57 Å². The van der Waals surface area contributed by atoms with Crippen LogP contribution < -0.4 is 0 Å². The van der Waals surface area contributed by atoms with E-state index in [1.165, 1.54) is 0 Å². The molecule has 1 aromatic heterocycles. The Morgan fingerprint density at radius 3 is 2.21 bits per heavy atom. The average molecular weight is 217 g/mol. The smallest absolute Gasteiger partial charge is 0.264 e. The fourth-order valence-corrected chi connectivity index (χ4v) is 1.71. The topological polar surface area (TPSA) is 48.3 Å². The summed E-state index contributed by atoms with van der Waals surface area (Å²) < 4.78 is 28.1. The molecule has 0 amide bonds. The lowest BCUT2D eigenvalue weighted by Gasteiger charge is -2.08. The minimum absolute atomic E-state index is 0.190. The molecule has 0 aliphatic carbocycles. The molecule has 5 heteroatoms. The Hall–Kier alpha value is -0.810. The van der Waals surface area contributed by atoms with E-state index in [9.17, 15) is 8.42 Å². The predicted molar refractivity (Wildman–Crippen MR) is 54.7 cm³/mol. The van der Waals surface area contributed by atoms with E-state index in [0.717, 1.165) is 17.6 Å². The maximum absolute atomic E-state index is 10.7. The van der Waals surface area contributed by atoms with Gasteiger partial charge in [0.15, 0.2) is 0 Å². The largest absolute Gasteiger partial charge is 0.347 e. The van der Waals surface area contributed by atoms with Crippen LogP contribution in [0.15, 0.2) is 12.1 Å². The van der Waals surface area contributed by atoms with Crippen LogP contribution >= 0.6 is 0 Å². The van der Waals surface area contributed by atoms with Crippen molar-refractivity contribution in [2.45, 2.75) is 20.4 Å². The van der Waals surface area contributed by atoms with Crippen LogP contribution in [0.5, 0.6) is 0 Å². The molecule has 1 aromatic rings. The molecule has 0 saturated heterocycles. The zero-order valence-corrected chi connectivity index (χ0v) is 9.47. The maximum atomic E-state index is 10.7. The Labute approximate surface area is 84.6 Å². The van der Waals surface area contributed by atoms with Crippen LogP contribution in [0.1, 0.15) is 11.4 Å². The molecule has 14 heavy (non-hydrogen) atoms. The van der Waals surface area contributed by atoms with Gasteiger partial charge in [0.05, 0.1) is 12.9 Å². The van der Waals surface area contributed by atoms with Crippen molar-refractivity contribution >= 4 is 10.1 Å². The average Bonchev–Trinajstić information content (AvgIpc) is 2.33. The molecule has 0 spiro atoms. The third-order valence-corrected chi connectivity index (χ3v) is 2.62. The molecule has 0 saturated carbocycles. The number of rotatable bonds is 4. The van der Waals surface area contributed by atoms with E-state index in [1.807, 2.05) is 30.5 Å². The normalized spacial score (nSPS) is 11.9. The summed E-state index contributed by atoms with van der Waals surface area (Å²) in [4.78, 5) is 0. The van der Waals surface area contributed by atoms with Crippen LogP contribution in [0, 0.1) is 13.8 Å². The van der Waals surface area contributed by atoms with E-state index >= 15 is 0 Å². The highest BCUT2D eigenvalue weighted by atomic mass is 32.2. The standard InChI is InChI=1S/C9H15NO3S/c1-8-4-5-9(2)10(8)6-7-13-14(3,11)12/h4-5H,6-7H2,1-3H3. The summed E-state index contributed by atoms with van der Waals surface area (Å²) in [5, 5.41) is 0. The highest BCUT2D eigenvalue weighted by molar-refractivity contribution is 7.85. The summed E-state index contributed by atoms with van der Waals surface area (Å²) in [7, 11) is -3.32. The molecule has 0 bridgehead atoms. The lowest BCUT2D eigenvalue weighted by Crippen LogP contribution is -2.12. The van der Waals surface area contributed by atoms with Crippen LogP contribution in [0.3, 0.4) is 0 Å².